The first kappa shape index (κ1) is 16.4. The van der Waals surface area contributed by atoms with Crippen molar-refractivity contribution in [2.24, 2.45) is 0 Å². The fourth-order valence-corrected chi connectivity index (χ4v) is 2.52. The Bertz CT molecular complexity index is 407. The second-order valence-electron chi connectivity index (χ2n) is 5.21. The van der Waals surface area contributed by atoms with E-state index in [-0.39, 0.29) is 12.1 Å². The van der Waals surface area contributed by atoms with Crippen molar-refractivity contribution in [3.05, 3.63) is 11.7 Å². The van der Waals surface area contributed by atoms with Gasteiger partial charge in [-0.1, -0.05) is 19.0 Å². The van der Waals surface area contributed by atoms with E-state index in [1.807, 2.05) is 0 Å². The molecule has 2 heterocycles. The van der Waals surface area contributed by atoms with Gasteiger partial charge in [-0.2, -0.15) is 4.98 Å². The minimum absolute atomic E-state index is 0.0868. The summed E-state index contributed by atoms with van der Waals surface area (Å²) in [4.78, 5) is 6.81. The molecule has 2 atom stereocenters. The van der Waals surface area contributed by atoms with Crippen molar-refractivity contribution in [2.75, 3.05) is 46.5 Å². The Kier molecular flexibility index (Phi) is 6.56. The molecule has 1 aliphatic heterocycles. The molecule has 120 valence electrons. The highest BCUT2D eigenvalue weighted by Gasteiger charge is 2.25. The summed E-state index contributed by atoms with van der Waals surface area (Å²) >= 11 is 0. The maximum atomic E-state index is 5.74. The number of hydrogen-bond donors (Lipinski definition) is 1. The molecule has 0 radical (unpaired) electrons. The SMILES string of the molecule is CCNC(COC)Cc1nc(C2CN(CC)CCO2)no1. The van der Waals surface area contributed by atoms with E-state index in [1.165, 1.54) is 0 Å². The van der Waals surface area contributed by atoms with E-state index in [9.17, 15) is 0 Å². The Balaban J connectivity index is 1.93. The molecule has 0 aromatic carbocycles. The van der Waals surface area contributed by atoms with E-state index in [0.717, 1.165) is 26.2 Å². The minimum atomic E-state index is -0.0868. The largest absolute Gasteiger partial charge is 0.383 e. The summed E-state index contributed by atoms with van der Waals surface area (Å²) in [6.07, 6.45) is 0.579. The Morgan fingerprint density at radius 1 is 1.48 bits per heavy atom. The standard InChI is InChI=1S/C14H26N4O3/c1-4-15-11(10-19-3)8-13-16-14(17-21-13)12-9-18(5-2)6-7-20-12/h11-12,15H,4-10H2,1-3H3. The molecule has 0 saturated carbocycles. The minimum Gasteiger partial charge on any atom is -0.383 e. The Hall–Kier alpha value is -1.02. The molecule has 1 aliphatic rings. The van der Waals surface area contributed by atoms with Gasteiger partial charge in [-0.25, -0.2) is 0 Å². The summed E-state index contributed by atoms with van der Waals surface area (Å²) in [5.74, 6) is 1.28. The van der Waals surface area contributed by atoms with Gasteiger partial charge in [0.2, 0.25) is 11.7 Å². The van der Waals surface area contributed by atoms with Crippen molar-refractivity contribution in [1.29, 1.82) is 0 Å². The van der Waals surface area contributed by atoms with Crippen molar-refractivity contribution in [2.45, 2.75) is 32.4 Å². The number of nitrogens with zero attached hydrogens (tertiary/aromatic N) is 3. The molecule has 1 aromatic rings. The van der Waals surface area contributed by atoms with Crippen LogP contribution in [0.2, 0.25) is 0 Å². The Morgan fingerprint density at radius 2 is 2.33 bits per heavy atom. The average Bonchev–Trinajstić information content (AvgIpc) is 2.96. The predicted molar refractivity (Wildman–Crippen MR) is 78.1 cm³/mol. The molecule has 0 amide bonds. The van der Waals surface area contributed by atoms with Crippen molar-refractivity contribution in [3.63, 3.8) is 0 Å². The van der Waals surface area contributed by atoms with Crippen LogP contribution < -0.4 is 5.32 Å². The monoisotopic (exact) mass is 298 g/mol. The number of nitrogens with one attached hydrogen (secondary N) is 1. The van der Waals surface area contributed by atoms with Crippen molar-refractivity contribution < 1.29 is 14.0 Å². The van der Waals surface area contributed by atoms with Crippen LogP contribution in [0.15, 0.2) is 4.52 Å². The first-order chi connectivity index (χ1) is 10.3. The van der Waals surface area contributed by atoms with Crippen LogP contribution >= 0.6 is 0 Å². The maximum Gasteiger partial charge on any atom is 0.228 e. The first-order valence-corrected chi connectivity index (χ1v) is 7.65. The summed E-state index contributed by atoms with van der Waals surface area (Å²) in [6.45, 7) is 9.24. The first-order valence-electron chi connectivity index (χ1n) is 7.65. The maximum absolute atomic E-state index is 5.74. The lowest BCUT2D eigenvalue weighted by Crippen LogP contribution is -2.38. The topological polar surface area (TPSA) is 72.7 Å². The van der Waals surface area contributed by atoms with Gasteiger partial charge in [0.1, 0.15) is 6.10 Å². The highest BCUT2D eigenvalue weighted by atomic mass is 16.5. The molecule has 2 unspecified atom stereocenters. The van der Waals surface area contributed by atoms with Gasteiger partial charge in [-0.15, -0.1) is 0 Å². The molecular weight excluding hydrogens is 272 g/mol. The van der Waals surface area contributed by atoms with E-state index < -0.39 is 0 Å². The lowest BCUT2D eigenvalue weighted by Gasteiger charge is -2.30. The van der Waals surface area contributed by atoms with Gasteiger partial charge in [-0.05, 0) is 13.1 Å². The average molecular weight is 298 g/mol. The number of methoxy groups -OCH3 is 1. The molecule has 1 N–H and O–H groups in total. The van der Waals surface area contributed by atoms with Crippen LogP contribution in [0.4, 0.5) is 0 Å². The number of hydrogen-bond acceptors (Lipinski definition) is 7. The summed E-state index contributed by atoms with van der Waals surface area (Å²) in [7, 11) is 1.69. The molecule has 2 rings (SSSR count). The zero-order chi connectivity index (χ0) is 15.1. The third-order valence-corrected chi connectivity index (χ3v) is 3.65. The van der Waals surface area contributed by atoms with Crippen LogP contribution in [0.25, 0.3) is 0 Å². The predicted octanol–water partition coefficient (Wildman–Crippen LogP) is 0.630. The quantitative estimate of drug-likeness (QED) is 0.754. The van der Waals surface area contributed by atoms with E-state index in [2.05, 4.69) is 34.2 Å². The number of rotatable bonds is 8. The van der Waals surface area contributed by atoms with Crippen molar-refractivity contribution in [3.8, 4) is 0 Å². The molecule has 1 fully saturated rings. The van der Waals surface area contributed by atoms with E-state index in [1.54, 1.807) is 7.11 Å². The fraction of sp³-hybridized carbons (Fsp3) is 0.857. The second kappa shape index (κ2) is 8.43. The van der Waals surface area contributed by atoms with E-state index >= 15 is 0 Å². The van der Waals surface area contributed by atoms with Crippen LogP contribution in [0.3, 0.4) is 0 Å². The highest BCUT2D eigenvalue weighted by molar-refractivity contribution is 4.95. The van der Waals surface area contributed by atoms with Crippen LogP contribution in [0.5, 0.6) is 0 Å². The molecule has 1 saturated heterocycles. The number of likely N-dealkylation sites (N-methyl/N-ethyl adjacent to an activating group) is 2. The number of ether oxygens (including phenoxy) is 2. The van der Waals surface area contributed by atoms with Crippen LogP contribution in [0.1, 0.15) is 31.7 Å². The molecule has 0 aliphatic carbocycles. The second-order valence-corrected chi connectivity index (χ2v) is 5.21. The van der Waals surface area contributed by atoms with E-state index in [4.69, 9.17) is 14.0 Å². The van der Waals surface area contributed by atoms with Gasteiger partial charge >= 0.3 is 0 Å². The molecule has 7 heteroatoms. The molecule has 1 aromatic heterocycles. The van der Waals surface area contributed by atoms with Crippen LogP contribution in [-0.2, 0) is 15.9 Å². The third-order valence-electron chi connectivity index (χ3n) is 3.65. The normalized spacial score (nSPS) is 21.6. The fourth-order valence-electron chi connectivity index (χ4n) is 2.52. The van der Waals surface area contributed by atoms with E-state index in [0.29, 0.717) is 31.3 Å². The Labute approximate surface area is 126 Å². The molecule has 21 heavy (non-hydrogen) atoms. The van der Waals surface area contributed by atoms with Gasteiger partial charge in [-0.3, -0.25) is 4.90 Å². The van der Waals surface area contributed by atoms with Crippen molar-refractivity contribution in [1.82, 2.24) is 20.4 Å². The van der Waals surface area contributed by atoms with Gasteiger partial charge in [0, 0.05) is 32.7 Å². The molecule has 0 bridgehead atoms. The van der Waals surface area contributed by atoms with Gasteiger partial charge in [0.15, 0.2) is 0 Å². The van der Waals surface area contributed by atoms with Crippen molar-refractivity contribution >= 4 is 0 Å². The lowest BCUT2D eigenvalue weighted by atomic mass is 10.2. The summed E-state index contributed by atoms with van der Waals surface area (Å²) < 4.78 is 16.3. The Morgan fingerprint density at radius 3 is 3.05 bits per heavy atom. The third kappa shape index (κ3) is 4.74. The molecule has 7 nitrogen and oxygen atoms in total. The lowest BCUT2D eigenvalue weighted by molar-refractivity contribution is -0.0334. The highest BCUT2D eigenvalue weighted by Crippen LogP contribution is 2.19. The molecular formula is C14H26N4O3. The van der Waals surface area contributed by atoms with Gasteiger partial charge < -0.3 is 19.3 Å². The molecule has 0 spiro atoms. The zero-order valence-electron chi connectivity index (χ0n) is 13.2. The smallest absolute Gasteiger partial charge is 0.228 e. The summed E-state index contributed by atoms with van der Waals surface area (Å²) in [5.41, 5.74) is 0. The number of aromatic nitrogens is 2. The van der Waals surface area contributed by atoms with Gasteiger partial charge in [0.25, 0.3) is 0 Å². The summed E-state index contributed by atoms with van der Waals surface area (Å²) in [5, 5.41) is 7.42. The number of morpholine rings is 1. The van der Waals surface area contributed by atoms with Crippen LogP contribution in [0, 0.1) is 0 Å². The zero-order valence-corrected chi connectivity index (χ0v) is 13.2. The van der Waals surface area contributed by atoms with Crippen LogP contribution in [-0.4, -0.2) is 67.6 Å². The summed E-state index contributed by atoms with van der Waals surface area (Å²) in [6, 6.07) is 0.188. The van der Waals surface area contributed by atoms with Gasteiger partial charge in [0.05, 0.1) is 13.2 Å².